The van der Waals surface area contributed by atoms with Crippen molar-refractivity contribution >= 4 is 28.6 Å². The molecule has 3 rings (SSSR count). The van der Waals surface area contributed by atoms with E-state index in [0.717, 1.165) is 0 Å². The van der Waals surface area contributed by atoms with E-state index in [0.29, 0.717) is 21.7 Å². The van der Waals surface area contributed by atoms with Crippen LogP contribution in [-0.2, 0) is 9.53 Å². The molecule has 13 heavy (non-hydrogen) atoms. The van der Waals surface area contributed by atoms with Gasteiger partial charge >= 0.3 is 5.97 Å². The van der Waals surface area contributed by atoms with Gasteiger partial charge in [-0.25, -0.2) is 0 Å². The number of ether oxygens (including phenoxy) is 1. The summed E-state index contributed by atoms with van der Waals surface area (Å²) in [6, 6.07) is 0. The first kappa shape index (κ1) is 8.50. The normalized spacial score (nSPS) is 63.0. The highest BCUT2D eigenvalue weighted by Gasteiger charge is 2.70. The number of hydrogen-bond donors (Lipinski definition) is 0. The smallest absolute Gasteiger partial charge is 0.312 e. The van der Waals surface area contributed by atoms with Crippen molar-refractivity contribution in [1.29, 1.82) is 0 Å². The van der Waals surface area contributed by atoms with E-state index in [-0.39, 0.29) is 17.5 Å². The third-order valence-corrected chi connectivity index (χ3v) is 6.32. The van der Waals surface area contributed by atoms with Crippen LogP contribution in [0.2, 0.25) is 0 Å². The molecule has 0 spiro atoms. The molecule has 0 aromatic heterocycles. The molecule has 6 unspecified atom stereocenters. The van der Waals surface area contributed by atoms with E-state index in [9.17, 15) is 4.79 Å². The summed E-state index contributed by atoms with van der Waals surface area (Å²) >= 11 is 2.47. The number of fused-ring (bicyclic) bond motifs is 1. The van der Waals surface area contributed by atoms with Crippen molar-refractivity contribution in [3.8, 4) is 0 Å². The zero-order chi connectivity index (χ0) is 9.38. The molecule has 1 aliphatic heterocycles. The van der Waals surface area contributed by atoms with Gasteiger partial charge in [0.1, 0.15) is 6.10 Å². The maximum Gasteiger partial charge on any atom is 0.312 e. The van der Waals surface area contributed by atoms with Gasteiger partial charge in [-0.3, -0.25) is 4.79 Å². The van der Waals surface area contributed by atoms with Crippen molar-refractivity contribution in [1.82, 2.24) is 0 Å². The molecule has 0 aromatic rings. The molecule has 6 atom stereocenters. The Bertz CT molecular complexity index is 291. The third kappa shape index (κ3) is 0.713. The van der Waals surface area contributed by atoms with Gasteiger partial charge in [-0.2, -0.15) is 0 Å². The van der Waals surface area contributed by atoms with Crippen molar-refractivity contribution in [2.45, 2.75) is 30.3 Å². The van der Waals surface area contributed by atoms with Crippen LogP contribution in [0.1, 0.15) is 20.3 Å². The molecule has 3 fully saturated rings. The lowest BCUT2D eigenvalue weighted by Gasteiger charge is -2.32. The Morgan fingerprint density at radius 2 is 2.31 bits per heavy atom. The largest absolute Gasteiger partial charge is 0.460 e. The summed E-state index contributed by atoms with van der Waals surface area (Å²) in [5, 5.41) is 0. The summed E-state index contributed by atoms with van der Waals surface area (Å²) in [6.45, 7) is 4.33. The number of halogens is 1. The van der Waals surface area contributed by atoms with Crippen LogP contribution in [-0.4, -0.2) is 16.0 Å². The van der Waals surface area contributed by atoms with Crippen LogP contribution in [0.3, 0.4) is 0 Å². The minimum atomic E-state index is -0.142. The Labute approximate surface area is 91.5 Å². The fraction of sp³-hybridized carbons (Fsp3) is 0.900. The topological polar surface area (TPSA) is 26.3 Å². The standard InChI is InChI=1S/C10H13IO2/c1-4-5-3-6-8(7(5)11)13-9(12)10(4,6)2/h4-8H,3H2,1-2H3. The molecule has 0 radical (unpaired) electrons. The zero-order valence-electron chi connectivity index (χ0n) is 7.79. The third-order valence-electron chi connectivity index (χ3n) is 4.69. The summed E-state index contributed by atoms with van der Waals surface area (Å²) < 4.78 is 6.05. The van der Waals surface area contributed by atoms with Crippen molar-refractivity contribution < 1.29 is 9.53 Å². The van der Waals surface area contributed by atoms with Gasteiger partial charge < -0.3 is 4.74 Å². The predicted molar refractivity (Wildman–Crippen MR) is 56.6 cm³/mol. The quantitative estimate of drug-likeness (QED) is 0.388. The van der Waals surface area contributed by atoms with Crippen LogP contribution in [0, 0.1) is 23.2 Å². The van der Waals surface area contributed by atoms with Crippen LogP contribution >= 0.6 is 22.6 Å². The van der Waals surface area contributed by atoms with Crippen LogP contribution < -0.4 is 0 Å². The Kier molecular flexibility index (Phi) is 1.46. The number of carbonyl (C=O) groups is 1. The molecular formula is C10H13IO2. The molecule has 1 saturated heterocycles. The molecule has 1 heterocycles. The van der Waals surface area contributed by atoms with Crippen LogP contribution in [0.5, 0.6) is 0 Å². The highest BCUT2D eigenvalue weighted by atomic mass is 127. The molecular weight excluding hydrogens is 279 g/mol. The Hall–Kier alpha value is 0.200. The van der Waals surface area contributed by atoms with Gasteiger partial charge in [-0.15, -0.1) is 0 Å². The lowest BCUT2D eigenvalue weighted by Crippen LogP contribution is -2.39. The Morgan fingerprint density at radius 1 is 1.62 bits per heavy atom. The highest BCUT2D eigenvalue weighted by molar-refractivity contribution is 14.1. The average molecular weight is 292 g/mol. The number of esters is 1. The second kappa shape index (κ2) is 2.23. The van der Waals surface area contributed by atoms with Crippen LogP contribution in [0.15, 0.2) is 0 Å². The first-order valence-electron chi connectivity index (χ1n) is 4.92. The molecule has 2 aliphatic carbocycles. The molecule has 0 N–H and O–H groups in total. The van der Waals surface area contributed by atoms with E-state index in [1.165, 1.54) is 6.42 Å². The molecule has 0 amide bonds. The molecule has 3 heteroatoms. The van der Waals surface area contributed by atoms with Crippen molar-refractivity contribution in [2.24, 2.45) is 23.2 Å². The van der Waals surface area contributed by atoms with E-state index in [1.807, 2.05) is 0 Å². The maximum atomic E-state index is 11.7. The monoisotopic (exact) mass is 292 g/mol. The minimum Gasteiger partial charge on any atom is -0.460 e. The Morgan fingerprint density at radius 3 is 2.92 bits per heavy atom. The fourth-order valence-corrected chi connectivity index (χ4v) is 5.17. The lowest BCUT2D eigenvalue weighted by molar-refractivity contribution is -0.148. The average Bonchev–Trinajstić information content (AvgIpc) is 2.60. The molecule has 2 nitrogen and oxygen atoms in total. The second-order valence-electron chi connectivity index (χ2n) is 4.89. The summed E-state index contributed by atoms with van der Waals surface area (Å²) in [7, 11) is 0. The molecule has 2 bridgehead atoms. The summed E-state index contributed by atoms with van der Waals surface area (Å²) in [5.74, 6) is 1.82. The molecule has 3 aliphatic rings. The first-order chi connectivity index (χ1) is 6.06. The summed E-state index contributed by atoms with van der Waals surface area (Å²) in [5.41, 5.74) is -0.142. The van der Waals surface area contributed by atoms with E-state index >= 15 is 0 Å². The number of hydrogen-bond acceptors (Lipinski definition) is 2. The van der Waals surface area contributed by atoms with E-state index in [1.54, 1.807) is 0 Å². The summed E-state index contributed by atoms with van der Waals surface area (Å²) in [6.07, 6.45) is 1.45. The number of rotatable bonds is 0. The van der Waals surface area contributed by atoms with Crippen molar-refractivity contribution in [3.63, 3.8) is 0 Å². The number of alkyl halides is 1. The fourth-order valence-electron chi connectivity index (χ4n) is 3.61. The number of carbonyl (C=O) groups excluding carboxylic acids is 1. The molecule has 2 saturated carbocycles. The van der Waals surface area contributed by atoms with E-state index < -0.39 is 0 Å². The SMILES string of the molecule is CC1C2CC3C(OC(=O)C13C)C2I. The first-order valence-corrected chi connectivity index (χ1v) is 6.16. The van der Waals surface area contributed by atoms with E-state index in [2.05, 4.69) is 36.4 Å². The predicted octanol–water partition coefficient (Wildman–Crippen LogP) is 2.01. The van der Waals surface area contributed by atoms with Gasteiger partial charge in [0.2, 0.25) is 0 Å². The Balaban J connectivity index is 2.13. The second-order valence-corrected chi connectivity index (χ2v) is 6.33. The van der Waals surface area contributed by atoms with Gasteiger partial charge in [-0.05, 0) is 25.2 Å². The van der Waals surface area contributed by atoms with Crippen LogP contribution in [0.4, 0.5) is 0 Å². The van der Waals surface area contributed by atoms with E-state index in [4.69, 9.17) is 4.74 Å². The highest BCUT2D eigenvalue weighted by Crippen LogP contribution is 2.66. The van der Waals surface area contributed by atoms with Crippen molar-refractivity contribution in [2.75, 3.05) is 0 Å². The zero-order valence-corrected chi connectivity index (χ0v) is 9.95. The van der Waals surface area contributed by atoms with Gasteiger partial charge in [0.25, 0.3) is 0 Å². The minimum absolute atomic E-state index is 0.0664. The molecule has 0 aromatic carbocycles. The van der Waals surface area contributed by atoms with Gasteiger partial charge in [0.05, 0.1) is 9.34 Å². The van der Waals surface area contributed by atoms with Crippen molar-refractivity contribution in [3.05, 3.63) is 0 Å². The summed E-state index contributed by atoms with van der Waals surface area (Å²) in [4.78, 5) is 11.7. The van der Waals surface area contributed by atoms with Gasteiger partial charge in [0, 0.05) is 5.92 Å². The lowest BCUT2D eigenvalue weighted by atomic mass is 9.69. The van der Waals surface area contributed by atoms with Crippen LogP contribution in [0.25, 0.3) is 0 Å². The van der Waals surface area contributed by atoms with Gasteiger partial charge in [-0.1, -0.05) is 29.5 Å². The molecule has 72 valence electrons. The van der Waals surface area contributed by atoms with Gasteiger partial charge in [0.15, 0.2) is 0 Å². The maximum absolute atomic E-state index is 11.7.